The molecule has 0 saturated heterocycles. The minimum absolute atomic E-state index is 0.147. The Bertz CT molecular complexity index is 489. The average molecular weight is 228 g/mol. The van der Waals surface area contributed by atoms with Gasteiger partial charge in [-0.15, -0.1) is 0 Å². The van der Waals surface area contributed by atoms with Crippen molar-refractivity contribution in [1.29, 1.82) is 0 Å². The molecular formula is C14H16N2O. The number of hydrazone groups is 1. The Kier molecular flexibility index (Phi) is 2.46. The fraction of sp³-hybridized carbons (Fsp3) is 0.429. The van der Waals surface area contributed by atoms with Crippen LogP contribution in [0.1, 0.15) is 30.4 Å². The normalized spacial score (nSPS) is 19.7. The predicted octanol–water partition coefficient (Wildman–Crippen LogP) is 2.49. The summed E-state index contributed by atoms with van der Waals surface area (Å²) in [6.45, 7) is 2.67. The van der Waals surface area contributed by atoms with E-state index in [2.05, 4.69) is 24.2 Å². The lowest BCUT2D eigenvalue weighted by Crippen LogP contribution is -2.20. The summed E-state index contributed by atoms with van der Waals surface area (Å²) in [5.41, 5.74) is 3.47. The largest absolute Gasteiger partial charge is 0.273 e. The number of aryl methyl sites for hydroxylation is 1. The van der Waals surface area contributed by atoms with E-state index >= 15 is 0 Å². The summed E-state index contributed by atoms with van der Waals surface area (Å²) in [5.74, 6) is 0.745. The van der Waals surface area contributed by atoms with Crippen LogP contribution in [-0.2, 0) is 11.3 Å². The maximum absolute atomic E-state index is 11.8. The van der Waals surface area contributed by atoms with E-state index in [1.807, 2.05) is 12.1 Å². The Hall–Kier alpha value is -1.64. The number of carbonyl (C=O) groups is 1. The van der Waals surface area contributed by atoms with E-state index in [1.165, 1.54) is 18.4 Å². The van der Waals surface area contributed by atoms with Crippen molar-refractivity contribution in [3.05, 3.63) is 35.4 Å². The summed E-state index contributed by atoms with van der Waals surface area (Å²) in [6.07, 6.45) is 2.96. The predicted molar refractivity (Wildman–Crippen MR) is 66.5 cm³/mol. The quantitative estimate of drug-likeness (QED) is 0.782. The van der Waals surface area contributed by atoms with Crippen LogP contribution in [0.5, 0.6) is 0 Å². The van der Waals surface area contributed by atoms with E-state index in [9.17, 15) is 4.79 Å². The molecule has 0 spiro atoms. The highest BCUT2D eigenvalue weighted by molar-refractivity contribution is 6.06. The second-order valence-corrected chi connectivity index (χ2v) is 4.98. The number of hydrogen-bond acceptors (Lipinski definition) is 2. The van der Waals surface area contributed by atoms with Gasteiger partial charge in [-0.2, -0.15) is 5.10 Å². The lowest BCUT2D eigenvalue weighted by Gasteiger charge is -2.11. The average Bonchev–Trinajstić information content (AvgIpc) is 3.06. The minimum atomic E-state index is 0.147. The summed E-state index contributed by atoms with van der Waals surface area (Å²) >= 11 is 0. The topological polar surface area (TPSA) is 32.7 Å². The van der Waals surface area contributed by atoms with Crippen LogP contribution < -0.4 is 0 Å². The molecule has 0 bridgehead atoms. The first-order chi connectivity index (χ1) is 8.22. The smallest absolute Gasteiger partial charge is 0.248 e. The van der Waals surface area contributed by atoms with Crippen LogP contribution in [-0.4, -0.2) is 16.6 Å². The molecule has 1 heterocycles. The minimum Gasteiger partial charge on any atom is -0.273 e. The van der Waals surface area contributed by atoms with Crippen LogP contribution in [0, 0.1) is 12.8 Å². The number of hydrogen-bond donors (Lipinski definition) is 0. The van der Waals surface area contributed by atoms with Crippen LogP contribution in [0.25, 0.3) is 0 Å². The zero-order valence-corrected chi connectivity index (χ0v) is 10.0. The number of nitrogens with zero attached hydrogens (tertiary/aromatic N) is 2. The summed E-state index contributed by atoms with van der Waals surface area (Å²) < 4.78 is 0. The van der Waals surface area contributed by atoms with Crippen molar-refractivity contribution in [2.45, 2.75) is 32.7 Å². The third-order valence-electron chi connectivity index (χ3n) is 3.33. The van der Waals surface area contributed by atoms with E-state index in [1.54, 1.807) is 5.01 Å². The van der Waals surface area contributed by atoms with Gasteiger partial charge in [0, 0.05) is 0 Å². The van der Waals surface area contributed by atoms with Gasteiger partial charge in [-0.3, -0.25) is 4.79 Å². The summed E-state index contributed by atoms with van der Waals surface area (Å²) in [5, 5.41) is 6.08. The molecule has 0 aromatic heterocycles. The molecule has 1 aliphatic carbocycles. The van der Waals surface area contributed by atoms with Crippen LogP contribution in [0.15, 0.2) is 29.4 Å². The fourth-order valence-corrected chi connectivity index (χ4v) is 2.24. The molecule has 1 amide bonds. The molecule has 1 saturated carbocycles. The van der Waals surface area contributed by atoms with Crippen molar-refractivity contribution >= 4 is 11.6 Å². The van der Waals surface area contributed by atoms with E-state index < -0.39 is 0 Å². The molecule has 1 aliphatic heterocycles. The summed E-state index contributed by atoms with van der Waals surface area (Å²) in [7, 11) is 0. The van der Waals surface area contributed by atoms with Crippen LogP contribution >= 0.6 is 0 Å². The second kappa shape index (κ2) is 3.99. The Morgan fingerprint density at radius 1 is 1.41 bits per heavy atom. The van der Waals surface area contributed by atoms with Gasteiger partial charge in [0.1, 0.15) is 0 Å². The van der Waals surface area contributed by atoms with E-state index in [4.69, 9.17) is 0 Å². The number of benzene rings is 1. The number of carbonyl (C=O) groups excluding carboxylic acids is 1. The van der Waals surface area contributed by atoms with Crippen molar-refractivity contribution in [2.75, 3.05) is 0 Å². The van der Waals surface area contributed by atoms with E-state index in [-0.39, 0.29) is 5.91 Å². The molecule has 0 N–H and O–H groups in total. The maximum atomic E-state index is 11.8. The van der Waals surface area contributed by atoms with Crippen LogP contribution in [0.2, 0.25) is 0 Å². The lowest BCUT2D eigenvalue weighted by molar-refractivity contribution is -0.129. The monoisotopic (exact) mass is 228 g/mol. The molecule has 3 rings (SSSR count). The number of rotatable bonds is 3. The van der Waals surface area contributed by atoms with Gasteiger partial charge in [-0.05, 0) is 31.2 Å². The molecule has 0 atom stereocenters. The maximum Gasteiger partial charge on any atom is 0.248 e. The van der Waals surface area contributed by atoms with Gasteiger partial charge in [-0.25, -0.2) is 5.01 Å². The van der Waals surface area contributed by atoms with Crippen molar-refractivity contribution in [2.24, 2.45) is 11.0 Å². The highest BCUT2D eigenvalue weighted by Gasteiger charge is 2.34. The zero-order chi connectivity index (χ0) is 11.8. The standard InChI is InChI=1S/C14H16N2O/c1-10-3-2-4-11(7-10)9-16-14(17)8-13(15-16)12-5-6-12/h2-4,7,12H,5-6,8-9H2,1H3. The third-order valence-corrected chi connectivity index (χ3v) is 3.33. The third kappa shape index (κ3) is 2.23. The van der Waals surface area contributed by atoms with Gasteiger partial charge >= 0.3 is 0 Å². The van der Waals surface area contributed by atoms with Gasteiger partial charge < -0.3 is 0 Å². The van der Waals surface area contributed by atoms with Crippen LogP contribution in [0.3, 0.4) is 0 Å². The van der Waals surface area contributed by atoms with Gasteiger partial charge in [-0.1, -0.05) is 29.8 Å². The zero-order valence-electron chi connectivity index (χ0n) is 10.0. The molecular weight excluding hydrogens is 212 g/mol. The Labute approximate surface area is 101 Å². The van der Waals surface area contributed by atoms with Gasteiger partial charge in [0.15, 0.2) is 0 Å². The molecule has 3 nitrogen and oxygen atoms in total. The molecule has 1 aromatic carbocycles. The SMILES string of the molecule is Cc1cccc(CN2N=C(C3CC3)CC2=O)c1. The molecule has 1 fully saturated rings. The highest BCUT2D eigenvalue weighted by atomic mass is 16.2. The van der Waals surface area contributed by atoms with Gasteiger partial charge in [0.2, 0.25) is 5.91 Å². The van der Waals surface area contributed by atoms with E-state index in [0.29, 0.717) is 18.9 Å². The first-order valence-corrected chi connectivity index (χ1v) is 6.15. The molecule has 0 unspecified atom stereocenters. The Balaban J connectivity index is 1.74. The van der Waals surface area contributed by atoms with Crippen LogP contribution in [0.4, 0.5) is 0 Å². The molecule has 17 heavy (non-hydrogen) atoms. The summed E-state index contributed by atoms with van der Waals surface area (Å²) in [6, 6.07) is 8.24. The summed E-state index contributed by atoms with van der Waals surface area (Å²) in [4.78, 5) is 11.8. The highest BCUT2D eigenvalue weighted by Crippen LogP contribution is 2.34. The van der Waals surface area contributed by atoms with Crippen molar-refractivity contribution in [3.63, 3.8) is 0 Å². The Morgan fingerprint density at radius 2 is 2.24 bits per heavy atom. The molecule has 1 aromatic rings. The van der Waals surface area contributed by atoms with E-state index in [0.717, 1.165) is 11.3 Å². The van der Waals surface area contributed by atoms with Crippen molar-refractivity contribution < 1.29 is 4.79 Å². The second-order valence-electron chi connectivity index (χ2n) is 4.98. The fourth-order valence-electron chi connectivity index (χ4n) is 2.24. The molecule has 88 valence electrons. The first kappa shape index (κ1) is 10.5. The first-order valence-electron chi connectivity index (χ1n) is 6.15. The molecule has 2 aliphatic rings. The van der Waals surface area contributed by atoms with Crippen molar-refractivity contribution in [1.82, 2.24) is 5.01 Å². The van der Waals surface area contributed by atoms with Gasteiger partial charge in [0.25, 0.3) is 0 Å². The lowest BCUT2D eigenvalue weighted by atomic mass is 10.1. The molecule has 0 radical (unpaired) electrons. The Morgan fingerprint density at radius 3 is 2.94 bits per heavy atom. The van der Waals surface area contributed by atoms with Crippen molar-refractivity contribution in [3.8, 4) is 0 Å². The number of amides is 1. The van der Waals surface area contributed by atoms with Gasteiger partial charge in [0.05, 0.1) is 18.7 Å². The molecule has 3 heteroatoms.